The summed E-state index contributed by atoms with van der Waals surface area (Å²) < 4.78 is 2.01. The average Bonchev–Trinajstić information content (AvgIpc) is 3.26. The van der Waals surface area contributed by atoms with Crippen molar-refractivity contribution in [1.29, 1.82) is 0 Å². The number of para-hydroxylation sites is 1. The van der Waals surface area contributed by atoms with Gasteiger partial charge in [0.15, 0.2) is 0 Å². The Morgan fingerprint density at radius 3 is 2.84 bits per heavy atom. The number of hydrogen-bond donors (Lipinski definition) is 2. The van der Waals surface area contributed by atoms with Gasteiger partial charge in [-0.05, 0) is 31.4 Å². The first-order valence-electron chi connectivity index (χ1n) is 8.60. The molecule has 25 heavy (non-hydrogen) atoms. The molecule has 3 amide bonds. The summed E-state index contributed by atoms with van der Waals surface area (Å²) in [6.45, 7) is 2.10. The van der Waals surface area contributed by atoms with Crippen molar-refractivity contribution >= 4 is 17.6 Å². The number of aryl methyl sites for hydroxylation is 1. The minimum Gasteiger partial charge on any atom is -0.338 e. The molecule has 1 fully saturated rings. The van der Waals surface area contributed by atoms with E-state index < -0.39 is 6.04 Å². The summed E-state index contributed by atoms with van der Waals surface area (Å²) in [5, 5.41) is 5.60. The van der Waals surface area contributed by atoms with E-state index >= 15 is 0 Å². The third-order valence-corrected chi connectivity index (χ3v) is 4.27. The second-order valence-electron chi connectivity index (χ2n) is 6.07. The fraction of sp³-hybridized carbons (Fsp3) is 0.389. The van der Waals surface area contributed by atoms with Crippen LogP contribution in [0, 0.1) is 0 Å². The van der Waals surface area contributed by atoms with Gasteiger partial charge in [0.05, 0.1) is 6.33 Å². The van der Waals surface area contributed by atoms with Crippen LogP contribution in [0.5, 0.6) is 0 Å². The van der Waals surface area contributed by atoms with Gasteiger partial charge < -0.3 is 20.1 Å². The van der Waals surface area contributed by atoms with Crippen LogP contribution in [0.15, 0.2) is 49.1 Å². The number of nitrogens with zero attached hydrogens (tertiary/aromatic N) is 3. The molecule has 1 aliphatic rings. The highest BCUT2D eigenvalue weighted by Gasteiger charge is 2.33. The Kier molecular flexibility index (Phi) is 5.66. The van der Waals surface area contributed by atoms with Crippen LogP contribution >= 0.6 is 0 Å². The Balaban J connectivity index is 1.36. The van der Waals surface area contributed by atoms with Crippen LogP contribution in [0.4, 0.5) is 10.5 Å². The van der Waals surface area contributed by atoms with E-state index in [9.17, 15) is 9.59 Å². The van der Waals surface area contributed by atoms with E-state index in [1.54, 1.807) is 17.4 Å². The number of aromatic nitrogens is 2. The van der Waals surface area contributed by atoms with Crippen molar-refractivity contribution in [2.45, 2.75) is 31.8 Å². The Labute approximate surface area is 147 Å². The Bertz CT molecular complexity index is 687. The van der Waals surface area contributed by atoms with E-state index in [4.69, 9.17) is 0 Å². The molecule has 1 aromatic carbocycles. The molecular formula is C18H23N5O2. The number of carbonyl (C=O) groups is 2. The van der Waals surface area contributed by atoms with Crippen molar-refractivity contribution in [3.63, 3.8) is 0 Å². The van der Waals surface area contributed by atoms with E-state index in [-0.39, 0.29) is 11.9 Å². The molecule has 2 heterocycles. The molecule has 2 N–H and O–H groups in total. The Hall–Kier alpha value is -2.83. The second kappa shape index (κ2) is 8.32. The molecule has 1 aliphatic heterocycles. The summed E-state index contributed by atoms with van der Waals surface area (Å²) in [7, 11) is 0. The lowest BCUT2D eigenvalue weighted by molar-refractivity contribution is -0.118. The predicted octanol–water partition coefficient (Wildman–Crippen LogP) is 1.77. The molecule has 0 unspecified atom stereocenters. The van der Waals surface area contributed by atoms with E-state index in [0.29, 0.717) is 19.5 Å². The molecule has 0 spiro atoms. The fourth-order valence-corrected chi connectivity index (χ4v) is 2.93. The van der Waals surface area contributed by atoms with Crippen molar-refractivity contribution in [3.05, 3.63) is 49.1 Å². The number of unbranched alkanes of at least 4 members (excludes halogenated alkanes) is 1. The van der Waals surface area contributed by atoms with Crippen molar-refractivity contribution in [1.82, 2.24) is 20.2 Å². The molecule has 3 rings (SSSR count). The molecule has 1 aromatic heterocycles. The second-order valence-corrected chi connectivity index (χ2v) is 6.07. The first kappa shape index (κ1) is 17.0. The number of amides is 3. The largest absolute Gasteiger partial charge is 0.338 e. The minimum absolute atomic E-state index is 0.0542. The molecule has 0 radical (unpaired) electrons. The van der Waals surface area contributed by atoms with Gasteiger partial charge in [-0.2, -0.15) is 0 Å². The number of hydrogen-bond acceptors (Lipinski definition) is 3. The summed E-state index contributed by atoms with van der Waals surface area (Å²) in [6.07, 6.45) is 7.92. The summed E-state index contributed by atoms with van der Waals surface area (Å²) in [4.78, 5) is 30.1. The van der Waals surface area contributed by atoms with Crippen molar-refractivity contribution in [2.75, 3.05) is 18.0 Å². The highest BCUT2D eigenvalue weighted by molar-refractivity contribution is 6.01. The van der Waals surface area contributed by atoms with Crippen LogP contribution in [0.25, 0.3) is 0 Å². The number of urea groups is 1. The van der Waals surface area contributed by atoms with Crippen LogP contribution in [0.1, 0.15) is 19.3 Å². The predicted molar refractivity (Wildman–Crippen MR) is 95.2 cm³/mol. The maximum absolute atomic E-state index is 12.4. The molecule has 7 nitrogen and oxygen atoms in total. The van der Waals surface area contributed by atoms with Crippen molar-refractivity contribution < 1.29 is 9.59 Å². The zero-order valence-corrected chi connectivity index (χ0v) is 14.1. The van der Waals surface area contributed by atoms with Gasteiger partial charge >= 0.3 is 6.03 Å². The third-order valence-electron chi connectivity index (χ3n) is 4.27. The van der Waals surface area contributed by atoms with Gasteiger partial charge in [-0.1, -0.05) is 18.2 Å². The van der Waals surface area contributed by atoms with Crippen molar-refractivity contribution in [3.8, 4) is 0 Å². The Morgan fingerprint density at radius 1 is 1.24 bits per heavy atom. The summed E-state index contributed by atoms with van der Waals surface area (Å²) in [5.41, 5.74) is 0.872. The van der Waals surface area contributed by atoms with Crippen LogP contribution < -0.4 is 15.5 Å². The average molecular weight is 341 g/mol. The maximum Gasteiger partial charge on any atom is 0.315 e. The highest BCUT2D eigenvalue weighted by Crippen LogP contribution is 2.20. The molecule has 132 valence electrons. The number of rotatable bonds is 7. The van der Waals surface area contributed by atoms with Gasteiger partial charge in [0, 0.05) is 37.7 Å². The molecule has 1 atom stereocenters. The number of anilines is 1. The van der Waals surface area contributed by atoms with Crippen LogP contribution in [0.2, 0.25) is 0 Å². The third kappa shape index (κ3) is 4.59. The van der Waals surface area contributed by atoms with Crippen molar-refractivity contribution in [2.24, 2.45) is 0 Å². The number of carbonyl (C=O) groups excluding carboxylic acids is 2. The lowest BCUT2D eigenvalue weighted by Crippen LogP contribution is -2.46. The molecule has 0 aliphatic carbocycles. The standard InChI is InChI=1S/C18H23N5O2/c24-17-16(8-12-23(17)15-6-2-1-3-7-15)21-18(25)20-9-4-5-11-22-13-10-19-14-22/h1-3,6-7,10,13-14,16H,4-5,8-9,11-12H2,(H2,20,21,25)/t16-/m0/s1. The minimum atomic E-state index is -0.453. The highest BCUT2D eigenvalue weighted by atomic mass is 16.2. The fourth-order valence-electron chi connectivity index (χ4n) is 2.93. The van der Waals surface area contributed by atoms with E-state index in [1.807, 2.05) is 41.1 Å². The van der Waals surface area contributed by atoms with Crippen LogP contribution in [0.3, 0.4) is 0 Å². The number of benzene rings is 1. The monoisotopic (exact) mass is 341 g/mol. The number of nitrogens with one attached hydrogen (secondary N) is 2. The summed E-state index contributed by atoms with van der Waals surface area (Å²) >= 11 is 0. The van der Waals surface area contributed by atoms with Gasteiger partial charge in [-0.15, -0.1) is 0 Å². The smallest absolute Gasteiger partial charge is 0.315 e. The summed E-state index contributed by atoms with van der Waals surface area (Å²) in [5.74, 6) is -0.0542. The first-order valence-corrected chi connectivity index (χ1v) is 8.60. The molecule has 0 bridgehead atoms. The van der Waals surface area contributed by atoms with Gasteiger partial charge in [0.2, 0.25) is 5.91 Å². The van der Waals surface area contributed by atoms with Gasteiger partial charge in [0.1, 0.15) is 6.04 Å². The van der Waals surface area contributed by atoms with Gasteiger partial charge in [-0.25, -0.2) is 9.78 Å². The van der Waals surface area contributed by atoms with E-state index in [2.05, 4.69) is 15.6 Å². The normalized spacial score (nSPS) is 16.9. The molecular weight excluding hydrogens is 318 g/mol. The quantitative estimate of drug-likeness (QED) is 0.753. The molecule has 1 saturated heterocycles. The molecule has 2 aromatic rings. The molecule has 7 heteroatoms. The summed E-state index contributed by atoms with van der Waals surface area (Å²) in [6, 6.07) is 8.79. The van der Waals surface area contributed by atoms with E-state index in [0.717, 1.165) is 25.1 Å². The van der Waals surface area contributed by atoms with Crippen LogP contribution in [-0.2, 0) is 11.3 Å². The maximum atomic E-state index is 12.4. The van der Waals surface area contributed by atoms with Gasteiger partial charge in [0.25, 0.3) is 0 Å². The Morgan fingerprint density at radius 2 is 2.08 bits per heavy atom. The topological polar surface area (TPSA) is 79.3 Å². The zero-order valence-electron chi connectivity index (χ0n) is 14.1. The molecule has 0 saturated carbocycles. The number of imidazole rings is 1. The van der Waals surface area contributed by atoms with Gasteiger partial charge in [-0.3, -0.25) is 4.79 Å². The van der Waals surface area contributed by atoms with Crippen LogP contribution in [-0.4, -0.2) is 40.6 Å². The lowest BCUT2D eigenvalue weighted by atomic mass is 10.2. The zero-order chi connectivity index (χ0) is 17.5. The van der Waals surface area contributed by atoms with E-state index in [1.165, 1.54) is 0 Å². The lowest BCUT2D eigenvalue weighted by Gasteiger charge is -2.17. The first-order chi connectivity index (χ1) is 12.2. The SMILES string of the molecule is O=C(NCCCCn1ccnc1)N[C@H]1CCN(c2ccccc2)C1=O.